The minimum Gasteiger partial charge on any atom is -0.348 e. The van der Waals surface area contributed by atoms with E-state index in [2.05, 4.69) is 16.3 Å². The highest BCUT2D eigenvalue weighted by molar-refractivity contribution is 6.01. The highest BCUT2D eigenvalue weighted by Crippen LogP contribution is 2.30. The number of nitrogens with one attached hydrogen (secondary N) is 1. The molecule has 25 heavy (non-hydrogen) atoms. The van der Waals surface area contributed by atoms with Gasteiger partial charge >= 0.3 is 0 Å². The molecule has 126 valence electrons. The summed E-state index contributed by atoms with van der Waals surface area (Å²) >= 11 is 0. The summed E-state index contributed by atoms with van der Waals surface area (Å²) in [4.78, 5) is 15.4. The van der Waals surface area contributed by atoms with E-state index in [-0.39, 0.29) is 11.9 Å². The highest BCUT2D eigenvalue weighted by atomic mass is 16.1. The largest absolute Gasteiger partial charge is 0.348 e. The lowest BCUT2D eigenvalue weighted by molar-refractivity contribution is 0.0938. The van der Waals surface area contributed by atoms with Crippen molar-refractivity contribution < 1.29 is 4.79 Å². The molecule has 2 fully saturated rings. The van der Waals surface area contributed by atoms with Crippen molar-refractivity contribution in [1.82, 2.24) is 10.2 Å². The van der Waals surface area contributed by atoms with Crippen LogP contribution >= 0.6 is 0 Å². The van der Waals surface area contributed by atoms with E-state index in [4.69, 9.17) is 0 Å². The number of hydrogen-bond acceptors (Lipinski definition) is 3. The van der Waals surface area contributed by atoms with E-state index in [1.165, 1.54) is 12.8 Å². The van der Waals surface area contributed by atoms with Crippen LogP contribution in [0, 0.1) is 11.3 Å². The van der Waals surface area contributed by atoms with E-state index in [0.717, 1.165) is 36.7 Å². The zero-order chi connectivity index (χ0) is 17.2. The molecule has 1 saturated carbocycles. The van der Waals surface area contributed by atoms with Crippen LogP contribution < -0.4 is 5.32 Å². The second kappa shape index (κ2) is 6.70. The van der Waals surface area contributed by atoms with Gasteiger partial charge in [0, 0.05) is 36.3 Å². The van der Waals surface area contributed by atoms with Gasteiger partial charge in [-0.15, -0.1) is 0 Å². The number of benzene rings is 2. The first-order valence-corrected chi connectivity index (χ1v) is 8.89. The Balaban J connectivity index is 1.56. The maximum Gasteiger partial charge on any atom is 0.252 e. The van der Waals surface area contributed by atoms with Crippen LogP contribution in [0.25, 0.3) is 11.1 Å². The number of carbonyl (C=O) groups excluding carboxylic acids is 1. The lowest BCUT2D eigenvalue weighted by atomic mass is 9.95. The summed E-state index contributed by atoms with van der Waals surface area (Å²) in [6.45, 7) is 2.03. The first-order chi connectivity index (χ1) is 12.3. The summed E-state index contributed by atoms with van der Waals surface area (Å²) in [6, 6.07) is 18.1. The molecule has 0 aromatic heterocycles. The Morgan fingerprint density at radius 1 is 1.04 bits per heavy atom. The summed E-state index contributed by atoms with van der Waals surface area (Å²) in [5.41, 5.74) is 2.84. The quantitative estimate of drug-likeness (QED) is 0.936. The van der Waals surface area contributed by atoms with Crippen molar-refractivity contribution in [1.29, 1.82) is 5.26 Å². The van der Waals surface area contributed by atoms with Crippen molar-refractivity contribution in [3.05, 3.63) is 59.7 Å². The standard InChI is InChI=1S/C21H21N3O/c22-13-15-5-1-2-6-18(15)19-7-3-4-8-20(19)21(25)23-16-11-12-24(14-16)17-9-10-17/h1-8,16-17H,9-12,14H2,(H,23,25)/t16-/m1/s1. The van der Waals surface area contributed by atoms with E-state index in [0.29, 0.717) is 11.1 Å². The van der Waals surface area contributed by atoms with Crippen molar-refractivity contribution >= 4 is 5.91 Å². The van der Waals surface area contributed by atoms with Gasteiger partial charge < -0.3 is 5.32 Å². The van der Waals surface area contributed by atoms with Crippen LogP contribution in [0.1, 0.15) is 35.2 Å². The third-order valence-electron chi connectivity index (χ3n) is 5.13. The van der Waals surface area contributed by atoms with Crippen molar-refractivity contribution in [2.45, 2.75) is 31.3 Å². The predicted octanol–water partition coefficient (Wildman–Crippen LogP) is 3.19. The molecule has 1 atom stereocenters. The lowest BCUT2D eigenvalue weighted by Gasteiger charge is -2.17. The van der Waals surface area contributed by atoms with Crippen molar-refractivity contribution in [3.63, 3.8) is 0 Å². The van der Waals surface area contributed by atoms with E-state index in [9.17, 15) is 10.1 Å². The van der Waals surface area contributed by atoms with Crippen LogP contribution in [-0.2, 0) is 0 Å². The second-order valence-electron chi connectivity index (χ2n) is 6.89. The number of nitriles is 1. The Kier molecular flexibility index (Phi) is 4.25. The van der Waals surface area contributed by atoms with Crippen molar-refractivity contribution in [3.8, 4) is 17.2 Å². The average Bonchev–Trinajstić information content (AvgIpc) is 3.41. The van der Waals surface area contributed by atoms with Gasteiger partial charge in [-0.05, 0) is 37.0 Å². The van der Waals surface area contributed by atoms with E-state index in [1.807, 2.05) is 42.5 Å². The summed E-state index contributed by atoms with van der Waals surface area (Å²) in [7, 11) is 0. The molecular formula is C21H21N3O. The number of amides is 1. The molecule has 1 heterocycles. The lowest BCUT2D eigenvalue weighted by Crippen LogP contribution is -2.37. The van der Waals surface area contributed by atoms with E-state index < -0.39 is 0 Å². The molecule has 4 heteroatoms. The van der Waals surface area contributed by atoms with Crippen LogP contribution in [0.5, 0.6) is 0 Å². The molecule has 1 aliphatic heterocycles. The van der Waals surface area contributed by atoms with E-state index >= 15 is 0 Å². The molecule has 1 saturated heterocycles. The van der Waals surface area contributed by atoms with Gasteiger partial charge in [0.25, 0.3) is 5.91 Å². The summed E-state index contributed by atoms with van der Waals surface area (Å²) in [6.07, 6.45) is 3.61. The van der Waals surface area contributed by atoms with E-state index in [1.54, 1.807) is 6.07 Å². The molecule has 2 aliphatic rings. The topological polar surface area (TPSA) is 56.1 Å². The summed E-state index contributed by atoms with van der Waals surface area (Å²) in [5.74, 6) is -0.0500. The molecule has 2 aromatic carbocycles. The number of rotatable bonds is 4. The predicted molar refractivity (Wildman–Crippen MR) is 97.1 cm³/mol. The number of likely N-dealkylation sites (tertiary alicyclic amines) is 1. The Morgan fingerprint density at radius 3 is 2.52 bits per heavy atom. The molecule has 0 radical (unpaired) electrons. The van der Waals surface area contributed by atoms with Gasteiger partial charge in [0.15, 0.2) is 0 Å². The fraction of sp³-hybridized carbons (Fsp3) is 0.333. The number of carbonyl (C=O) groups is 1. The smallest absolute Gasteiger partial charge is 0.252 e. The SMILES string of the molecule is N#Cc1ccccc1-c1ccccc1C(=O)N[C@@H]1CCN(C2CC2)C1. The minimum absolute atomic E-state index is 0.0500. The van der Waals surface area contributed by atoms with Crippen LogP contribution in [0.3, 0.4) is 0 Å². The summed E-state index contributed by atoms with van der Waals surface area (Å²) in [5, 5.41) is 12.6. The van der Waals surface area contributed by atoms with Gasteiger partial charge in [-0.25, -0.2) is 0 Å². The summed E-state index contributed by atoms with van der Waals surface area (Å²) < 4.78 is 0. The maximum absolute atomic E-state index is 12.9. The average molecular weight is 331 g/mol. The van der Waals surface area contributed by atoms with Crippen LogP contribution in [0.4, 0.5) is 0 Å². The third-order valence-corrected chi connectivity index (χ3v) is 5.13. The molecular weight excluding hydrogens is 310 g/mol. The number of nitrogens with zero attached hydrogens (tertiary/aromatic N) is 2. The molecule has 1 amide bonds. The first-order valence-electron chi connectivity index (χ1n) is 8.89. The monoisotopic (exact) mass is 331 g/mol. The van der Waals surface area contributed by atoms with Gasteiger partial charge in [0.05, 0.1) is 11.6 Å². The zero-order valence-corrected chi connectivity index (χ0v) is 14.1. The maximum atomic E-state index is 12.9. The number of hydrogen-bond donors (Lipinski definition) is 1. The van der Waals surface area contributed by atoms with Gasteiger partial charge in [-0.1, -0.05) is 36.4 Å². The zero-order valence-electron chi connectivity index (χ0n) is 14.1. The molecule has 1 aliphatic carbocycles. The Morgan fingerprint density at radius 2 is 1.76 bits per heavy atom. The van der Waals surface area contributed by atoms with Gasteiger partial charge in [0.1, 0.15) is 0 Å². The molecule has 1 N–H and O–H groups in total. The van der Waals surface area contributed by atoms with Crippen LogP contribution in [-0.4, -0.2) is 36.0 Å². The van der Waals surface area contributed by atoms with Crippen molar-refractivity contribution in [2.24, 2.45) is 0 Å². The highest BCUT2D eigenvalue weighted by Gasteiger charge is 2.35. The van der Waals surface area contributed by atoms with Gasteiger partial charge in [-0.3, -0.25) is 9.69 Å². The Hall–Kier alpha value is -2.64. The van der Waals surface area contributed by atoms with Crippen LogP contribution in [0.15, 0.2) is 48.5 Å². The fourth-order valence-corrected chi connectivity index (χ4v) is 3.67. The van der Waals surface area contributed by atoms with Gasteiger partial charge in [-0.2, -0.15) is 5.26 Å². The minimum atomic E-state index is -0.0500. The molecule has 0 unspecified atom stereocenters. The Labute approximate surface area is 148 Å². The second-order valence-corrected chi connectivity index (χ2v) is 6.89. The molecule has 4 nitrogen and oxygen atoms in total. The normalized spacial score (nSPS) is 20.2. The van der Waals surface area contributed by atoms with Gasteiger partial charge in [0.2, 0.25) is 0 Å². The molecule has 0 bridgehead atoms. The molecule has 0 spiro atoms. The molecule has 2 aromatic rings. The third kappa shape index (κ3) is 3.29. The first kappa shape index (κ1) is 15.9. The fourth-order valence-electron chi connectivity index (χ4n) is 3.67. The molecule has 4 rings (SSSR count). The van der Waals surface area contributed by atoms with Crippen molar-refractivity contribution in [2.75, 3.05) is 13.1 Å². The van der Waals surface area contributed by atoms with Crippen LogP contribution in [0.2, 0.25) is 0 Å². The Bertz CT molecular complexity index is 835.